The Morgan fingerprint density at radius 3 is 2.57 bits per heavy atom. The minimum absolute atomic E-state index is 0.217. The highest BCUT2D eigenvalue weighted by Crippen LogP contribution is 2.37. The number of benzene rings is 2. The van der Waals surface area contributed by atoms with Crippen molar-refractivity contribution in [3.8, 4) is 0 Å². The fraction of sp³-hybridized carbons (Fsp3) is 0.250. The number of halogens is 2. The molecule has 2 atom stereocenters. The summed E-state index contributed by atoms with van der Waals surface area (Å²) in [5.74, 6) is -0.787. The van der Waals surface area contributed by atoms with Crippen molar-refractivity contribution in [1.29, 1.82) is 0 Å². The Morgan fingerprint density at radius 1 is 1.24 bits per heavy atom. The third-order valence-corrected chi connectivity index (χ3v) is 4.59. The molecule has 0 saturated heterocycles. The first-order chi connectivity index (χ1) is 10.1. The normalized spacial score (nSPS) is 14.0. The van der Waals surface area contributed by atoms with Gasteiger partial charge < -0.3 is 10.8 Å². The number of nitrogens with two attached hydrogens (primary N) is 1. The van der Waals surface area contributed by atoms with Crippen LogP contribution in [0.5, 0.6) is 0 Å². The van der Waals surface area contributed by atoms with E-state index in [9.17, 15) is 9.50 Å². The molecule has 5 heteroatoms. The summed E-state index contributed by atoms with van der Waals surface area (Å²) in [7, 11) is 0. The Kier molecular flexibility index (Phi) is 5.65. The predicted octanol–water partition coefficient (Wildman–Crippen LogP) is 3.98. The molecule has 2 nitrogen and oxygen atoms in total. The number of aliphatic hydroxyl groups is 1. The SMILES string of the molecule is CSc1ccccc1C(O)C(CN)c1ccc(F)cc1Cl. The highest BCUT2D eigenvalue weighted by atomic mass is 35.5. The zero-order valence-electron chi connectivity index (χ0n) is 11.6. The van der Waals surface area contributed by atoms with Crippen LogP contribution >= 0.6 is 23.4 Å². The summed E-state index contributed by atoms with van der Waals surface area (Å²) in [6, 6.07) is 11.8. The van der Waals surface area contributed by atoms with Crippen LogP contribution in [0.2, 0.25) is 5.02 Å². The van der Waals surface area contributed by atoms with E-state index in [1.807, 2.05) is 30.5 Å². The fourth-order valence-corrected chi connectivity index (χ4v) is 3.30. The summed E-state index contributed by atoms with van der Waals surface area (Å²) in [6.07, 6.45) is 1.16. The highest BCUT2D eigenvalue weighted by Gasteiger charge is 2.25. The molecule has 0 saturated carbocycles. The Balaban J connectivity index is 2.40. The van der Waals surface area contributed by atoms with E-state index in [1.165, 1.54) is 12.1 Å². The summed E-state index contributed by atoms with van der Waals surface area (Å²) in [4.78, 5) is 0.988. The molecule has 3 N–H and O–H groups in total. The van der Waals surface area contributed by atoms with Crippen molar-refractivity contribution in [2.45, 2.75) is 16.9 Å². The maximum Gasteiger partial charge on any atom is 0.124 e. The first-order valence-electron chi connectivity index (χ1n) is 6.54. The van der Waals surface area contributed by atoms with Crippen molar-refractivity contribution in [3.05, 3.63) is 64.4 Å². The van der Waals surface area contributed by atoms with Crippen molar-refractivity contribution in [2.75, 3.05) is 12.8 Å². The molecule has 0 aliphatic heterocycles. The summed E-state index contributed by atoms with van der Waals surface area (Å²) in [5.41, 5.74) is 7.29. The second-order valence-electron chi connectivity index (χ2n) is 4.69. The van der Waals surface area contributed by atoms with Crippen LogP contribution in [0.25, 0.3) is 0 Å². The minimum Gasteiger partial charge on any atom is -0.388 e. The largest absolute Gasteiger partial charge is 0.388 e. The molecule has 0 heterocycles. The maximum atomic E-state index is 13.2. The lowest BCUT2D eigenvalue weighted by atomic mass is 9.89. The lowest BCUT2D eigenvalue weighted by Gasteiger charge is -2.24. The van der Waals surface area contributed by atoms with Crippen molar-refractivity contribution in [2.24, 2.45) is 5.73 Å². The van der Waals surface area contributed by atoms with Crippen LogP contribution < -0.4 is 5.73 Å². The summed E-state index contributed by atoms with van der Waals surface area (Å²) in [5, 5.41) is 11.0. The molecule has 112 valence electrons. The van der Waals surface area contributed by atoms with Crippen LogP contribution in [0.1, 0.15) is 23.1 Å². The average molecular weight is 326 g/mol. The molecule has 0 aliphatic rings. The molecule has 0 amide bonds. The Bertz CT molecular complexity index is 623. The highest BCUT2D eigenvalue weighted by molar-refractivity contribution is 7.98. The van der Waals surface area contributed by atoms with Crippen LogP contribution in [0, 0.1) is 5.82 Å². The van der Waals surface area contributed by atoms with Gasteiger partial charge in [-0.15, -0.1) is 11.8 Å². The third-order valence-electron chi connectivity index (χ3n) is 3.45. The van der Waals surface area contributed by atoms with Crippen molar-refractivity contribution < 1.29 is 9.50 Å². The lowest BCUT2D eigenvalue weighted by molar-refractivity contribution is 0.145. The molecule has 0 fully saturated rings. The second-order valence-corrected chi connectivity index (χ2v) is 5.95. The minimum atomic E-state index is -0.790. The number of hydrogen-bond acceptors (Lipinski definition) is 3. The molecule has 2 unspecified atom stereocenters. The standard InChI is InChI=1S/C16H17ClFNOS/c1-21-15-5-3-2-4-12(15)16(20)13(9-19)11-7-6-10(18)8-14(11)17/h2-8,13,16,20H,9,19H2,1H3. The summed E-state index contributed by atoms with van der Waals surface area (Å²) in [6.45, 7) is 0.217. The van der Waals surface area contributed by atoms with E-state index in [0.29, 0.717) is 5.56 Å². The van der Waals surface area contributed by atoms with Crippen molar-refractivity contribution in [1.82, 2.24) is 0 Å². The Morgan fingerprint density at radius 2 is 1.95 bits per heavy atom. The van der Waals surface area contributed by atoms with Gasteiger partial charge in [0.05, 0.1) is 6.10 Å². The topological polar surface area (TPSA) is 46.2 Å². The van der Waals surface area contributed by atoms with Gasteiger partial charge in [0.15, 0.2) is 0 Å². The molecule has 0 radical (unpaired) electrons. The number of hydrogen-bond donors (Lipinski definition) is 2. The quantitative estimate of drug-likeness (QED) is 0.817. The van der Waals surface area contributed by atoms with E-state index in [-0.39, 0.29) is 17.5 Å². The van der Waals surface area contributed by atoms with Crippen molar-refractivity contribution in [3.63, 3.8) is 0 Å². The van der Waals surface area contributed by atoms with Crippen LogP contribution in [-0.2, 0) is 0 Å². The first-order valence-corrected chi connectivity index (χ1v) is 8.14. The van der Waals surface area contributed by atoms with Gasteiger partial charge in [-0.25, -0.2) is 4.39 Å². The predicted molar refractivity (Wildman–Crippen MR) is 86.4 cm³/mol. The molecular formula is C16H17ClFNOS. The van der Waals surface area contributed by atoms with Gasteiger partial charge in [0.2, 0.25) is 0 Å². The maximum absolute atomic E-state index is 13.2. The van der Waals surface area contributed by atoms with E-state index in [0.717, 1.165) is 10.5 Å². The smallest absolute Gasteiger partial charge is 0.124 e. The average Bonchev–Trinajstić information content (AvgIpc) is 2.49. The molecule has 2 aromatic carbocycles. The van der Waals surface area contributed by atoms with Gasteiger partial charge in [-0.05, 0) is 35.6 Å². The lowest BCUT2D eigenvalue weighted by Crippen LogP contribution is -2.21. The van der Waals surface area contributed by atoms with E-state index in [4.69, 9.17) is 17.3 Å². The van der Waals surface area contributed by atoms with Crippen LogP contribution in [-0.4, -0.2) is 17.9 Å². The van der Waals surface area contributed by atoms with Gasteiger partial charge >= 0.3 is 0 Å². The second kappa shape index (κ2) is 7.27. The number of rotatable bonds is 5. The molecule has 0 aromatic heterocycles. The number of aliphatic hydroxyl groups excluding tert-OH is 1. The van der Waals surface area contributed by atoms with Gasteiger partial charge in [-0.1, -0.05) is 35.9 Å². The van der Waals surface area contributed by atoms with E-state index in [2.05, 4.69) is 0 Å². The Hall–Kier alpha value is -1.07. The van der Waals surface area contributed by atoms with Crippen molar-refractivity contribution >= 4 is 23.4 Å². The molecular weight excluding hydrogens is 309 g/mol. The van der Waals surface area contributed by atoms with Gasteiger partial charge in [0.25, 0.3) is 0 Å². The molecule has 0 spiro atoms. The molecule has 2 rings (SSSR count). The zero-order chi connectivity index (χ0) is 15.4. The molecule has 0 bridgehead atoms. The Labute approximate surface area is 133 Å². The van der Waals surface area contributed by atoms with Crippen LogP contribution in [0.15, 0.2) is 47.4 Å². The summed E-state index contributed by atoms with van der Waals surface area (Å²) >= 11 is 7.66. The van der Waals surface area contributed by atoms with E-state index >= 15 is 0 Å². The van der Waals surface area contributed by atoms with Gasteiger partial charge in [-0.3, -0.25) is 0 Å². The monoisotopic (exact) mass is 325 g/mol. The van der Waals surface area contributed by atoms with Crippen LogP contribution in [0.4, 0.5) is 4.39 Å². The van der Waals surface area contributed by atoms with E-state index in [1.54, 1.807) is 17.8 Å². The third kappa shape index (κ3) is 3.58. The first kappa shape index (κ1) is 16.3. The molecule has 21 heavy (non-hydrogen) atoms. The fourth-order valence-electron chi connectivity index (χ4n) is 2.36. The van der Waals surface area contributed by atoms with Crippen LogP contribution in [0.3, 0.4) is 0 Å². The zero-order valence-corrected chi connectivity index (χ0v) is 13.2. The van der Waals surface area contributed by atoms with Gasteiger partial charge in [-0.2, -0.15) is 0 Å². The summed E-state index contributed by atoms with van der Waals surface area (Å²) < 4.78 is 13.2. The molecule has 0 aliphatic carbocycles. The molecule has 2 aromatic rings. The van der Waals surface area contributed by atoms with Gasteiger partial charge in [0.1, 0.15) is 5.82 Å². The number of thioether (sulfide) groups is 1. The van der Waals surface area contributed by atoms with E-state index < -0.39 is 11.9 Å². The van der Waals surface area contributed by atoms with Gasteiger partial charge in [0, 0.05) is 22.4 Å².